The molecule has 1 aromatic rings. The number of rotatable bonds is 5. The van der Waals surface area contributed by atoms with Gasteiger partial charge in [0.15, 0.2) is 0 Å². The molecule has 7 heteroatoms. The van der Waals surface area contributed by atoms with Gasteiger partial charge in [0.2, 0.25) is 10.0 Å². The summed E-state index contributed by atoms with van der Waals surface area (Å²) < 4.78 is 24.5. The molecule has 1 rings (SSSR count). The smallest absolute Gasteiger partial charge is 0.251 e. The van der Waals surface area contributed by atoms with E-state index in [4.69, 9.17) is 11.6 Å². The van der Waals surface area contributed by atoms with Crippen molar-refractivity contribution in [1.82, 2.24) is 10.0 Å². The van der Waals surface area contributed by atoms with Gasteiger partial charge in [-0.2, -0.15) is 0 Å². The van der Waals surface area contributed by atoms with E-state index in [-0.39, 0.29) is 12.5 Å². The molecule has 0 heterocycles. The monoisotopic (exact) mass is 276 g/mol. The van der Waals surface area contributed by atoms with Crippen LogP contribution in [0.3, 0.4) is 0 Å². The van der Waals surface area contributed by atoms with Crippen LogP contribution in [0.15, 0.2) is 24.3 Å². The van der Waals surface area contributed by atoms with Crippen molar-refractivity contribution in [3.8, 4) is 0 Å². The maximum Gasteiger partial charge on any atom is 0.251 e. The van der Waals surface area contributed by atoms with Crippen LogP contribution in [0.25, 0.3) is 0 Å². The lowest BCUT2D eigenvalue weighted by atomic mass is 10.1. The highest BCUT2D eigenvalue weighted by molar-refractivity contribution is 7.90. The summed E-state index contributed by atoms with van der Waals surface area (Å²) in [5.41, 5.74) is 1.28. The predicted molar refractivity (Wildman–Crippen MR) is 66.3 cm³/mol. The van der Waals surface area contributed by atoms with Gasteiger partial charge >= 0.3 is 0 Å². The third-order valence-corrected chi connectivity index (χ3v) is 3.82. The molecule has 0 bridgehead atoms. The molecule has 0 saturated heterocycles. The SMILES string of the molecule is CNC(=O)c1ccc(CNS(=O)(=O)CCl)cc1. The van der Waals surface area contributed by atoms with Crippen LogP contribution in [-0.4, -0.2) is 26.6 Å². The largest absolute Gasteiger partial charge is 0.355 e. The van der Waals surface area contributed by atoms with Crippen LogP contribution in [0.5, 0.6) is 0 Å². The number of hydrogen-bond acceptors (Lipinski definition) is 3. The number of benzene rings is 1. The van der Waals surface area contributed by atoms with Crippen molar-refractivity contribution in [2.75, 3.05) is 12.3 Å². The van der Waals surface area contributed by atoms with E-state index in [1.54, 1.807) is 31.3 Å². The summed E-state index contributed by atoms with van der Waals surface area (Å²) in [6, 6.07) is 6.62. The highest BCUT2D eigenvalue weighted by Gasteiger charge is 2.07. The fourth-order valence-corrected chi connectivity index (χ4v) is 1.85. The maximum absolute atomic E-state index is 11.2. The van der Waals surface area contributed by atoms with E-state index in [0.29, 0.717) is 5.56 Å². The lowest BCUT2D eigenvalue weighted by molar-refractivity contribution is 0.0963. The van der Waals surface area contributed by atoms with Crippen molar-refractivity contribution in [3.05, 3.63) is 35.4 Å². The molecule has 0 radical (unpaired) electrons. The standard InChI is InChI=1S/C10H13ClN2O3S/c1-12-10(14)9-4-2-8(3-5-9)6-13-17(15,16)7-11/h2-5,13H,6-7H2,1H3,(H,12,14). The Morgan fingerprint density at radius 3 is 2.35 bits per heavy atom. The van der Waals surface area contributed by atoms with Gasteiger partial charge < -0.3 is 5.32 Å². The van der Waals surface area contributed by atoms with Crippen LogP contribution < -0.4 is 10.0 Å². The molecule has 2 N–H and O–H groups in total. The molecule has 0 aliphatic heterocycles. The van der Waals surface area contributed by atoms with E-state index in [9.17, 15) is 13.2 Å². The average molecular weight is 277 g/mol. The first-order chi connectivity index (χ1) is 7.98. The van der Waals surface area contributed by atoms with Gasteiger partial charge in [0.05, 0.1) is 0 Å². The lowest BCUT2D eigenvalue weighted by Crippen LogP contribution is -2.24. The number of nitrogens with one attached hydrogen (secondary N) is 2. The van der Waals surface area contributed by atoms with Gasteiger partial charge in [-0.05, 0) is 17.7 Å². The Balaban J connectivity index is 2.66. The van der Waals surface area contributed by atoms with Crippen LogP contribution in [0, 0.1) is 0 Å². The molecule has 1 amide bonds. The topological polar surface area (TPSA) is 75.3 Å². The molecule has 1 aromatic carbocycles. The van der Waals surface area contributed by atoms with Crippen molar-refractivity contribution in [2.24, 2.45) is 0 Å². The van der Waals surface area contributed by atoms with Crippen LogP contribution in [0.2, 0.25) is 0 Å². The van der Waals surface area contributed by atoms with Gasteiger partial charge in [0, 0.05) is 19.2 Å². The quantitative estimate of drug-likeness (QED) is 0.776. The minimum atomic E-state index is -3.41. The molecule has 94 valence electrons. The van der Waals surface area contributed by atoms with Crippen LogP contribution >= 0.6 is 11.6 Å². The van der Waals surface area contributed by atoms with E-state index in [1.165, 1.54) is 0 Å². The number of sulfonamides is 1. The Morgan fingerprint density at radius 1 is 1.29 bits per heavy atom. The molecule has 0 atom stereocenters. The summed E-state index contributed by atoms with van der Waals surface area (Å²) in [7, 11) is -1.87. The van der Waals surface area contributed by atoms with Crippen molar-refractivity contribution < 1.29 is 13.2 Å². The molecular formula is C10H13ClN2O3S. The van der Waals surface area contributed by atoms with E-state index in [0.717, 1.165) is 5.56 Å². The molecule has 0 aromatic heterocycles. The van der Waals surface area contributed by atoms with E-state index in [2.05, 4.69) is 10.0 Å². The summed E-state index contributed by atoms with van der Waals surface area (Å²) in [5, 5.41) is 2.03. The summed E-state index contributed by atoms with van der Waals surface area (Å²) in [6.45, 7) is 0.156. The highest BCUT2D eigenvalue weighted by Crippen LogP contribution is 2.05. The van der Waals surface area contributed by atoms with E-state index < -0.39 is 15.2 Å². The Morgan fingerprint density at radius 2 is 1.88 bits per heavy atom. The average Bonchev–Trinajstić information content (AvgIpc) is 2.36. The molecule has 0 aliphatic rings. The third-order valence-electron chi connectivity index (χ3n) is 2.08. The van der Waals surface area contributed by atoms with E-state index >= 15 is 0 Å². The molecule has 0 fully saturated rings. The number of carbonyl (C=O) groups excluding carboxylic acids is 1. The predicted octanol–water partition coefficient (Wildman–Crippen LogP) is 0.662. The summed E-state index contributed by atoms with van der Waals surface area (Å²) in [4.78, 5) is 11.2. The lowest BCUT2D eigenvalue weighted by Gasteiger charge is -2.05. The first-order valence-electron chi connectivity index (χ1n) is 4.83. The van der Waals surface area contributed by atoms with Gasteiger partial charge in [-0.15, -0.1) is 11.6 Å². The molecular weight excluding hydrogens is 264 g/mol. The van der Waals surface area contributed by atoms with Crippen LogP contribution in [-0.2, 0) is 16.6 Å². The molecule has 0 unspecified atom stereocenters. The Hall–Kier alpha value is -1.11. The molecule has 0 aliphatic carbocycles. The minimum Gasteiger partial charge on any atom is -0.355 e. The minimum absolute atomic E-state index is 0.156. The normalized spacial score (nSPS) is 11.2. The fourth-order valence-electron chi connectivity index (χ4n) is 1.15. The van der Waals surface area contributed by atoms with Gasteiger partial charge in [-0.3, -0.25) is 4.79 Å². The zero-order chi connectivity index (χ0) is 12.9. The van der Waals surface area contributed by atoms with Crippen molar-refractivity contribution in [3.63, 3.8) is 0 Å². The van der Waals surface area contributed by atoms with Crippen LogP contribution in [0.4, 0.5) is 0 Å². The third kappa shape index (κ3) is 4.33. The number of alkyl halides is 1. The fraction of sp³-hybridized carbons (Fsp3) is 0.300. The first-order valence-corrected chi connectivity index (χ1v) is 7.01. The van der Waals surface area contributed by atoms with Crippen molar-refractivity contribution >= 4 is 27.5 Å². The van der Waals surface area contributed by atoms with Gasteiger partial charge in [0.25, 0.3) is 5.91 Å². The molecule has 0 saturated carbocycles. The van der Waals surface area contributed by atoms with E-state index in [1.807, 2.05) is 0 Å². The second kappa shape index (κ2) is 6.00. The molecule has 5 nitrogen and oxygen atoms in total. The first kappa shape index (κ1) is 14.0. The van der Waals surface area contributed by atoms with Gasteiger partial charge in [-0.1, -0.05) is 12.1 Å². The number of halogens is 1. The Bertz CT molecular complexity index is 485. The maximum atomic E-state index is 11.2. The number of hydrogen-bond donors (Lipinski definition) is 2. The number of carbonyl (C=O) groups is 1. The van der Waals surface area contributed by atoms with Crippen molar-refractivity contribution in [1.29, 1.82) is 0 Å². The second-order valence-electron chi connectivity index (χ2n) is 3.32. The zero-order valence-electron chi connectivity index (χ0n) is 9.23. The van der Waals surface area contributed by atoms with Crippen molar-refractivity contribution in [2.45, 2.75) is 6.54 Å². The molecule has 0 spiro atoms. The Labute approximate surface area is 105 Å². The highest BCUT2D eigenvalue weighted by atomic mass is 35.5. The van der Waals surface area contributed by atoms with Gasteiger partial charge in [0.1, 0.15) is 5.21 Å². The van der Waals surface area contributed by atoms with Crippen LogP contribution in [0.1, 0.15) is 15.9 Å². The molecule has 17 heavy (non-hydrogen) atoms. The van der Waals surface area contributed by atoms with Gasteiger partial charge in [-0.25, -0.2) is 13.1 Å². The summed E-state index contributed by atoms with van der Waals surface area (Å²) in [6.07, 6.45) is 0. The number of amides is 1. The summed E-state index contributed by atoms with van der Waals surface area (Å²) >= 11 is 5.24. The second-order valence-corrected chi connectivity index (χ2v) is 5.71. The zero-order valence-corrected chi connectivity index (χ0v) is 10.8. The Kier molecular flexibility index (Phi) is 4.92. The summed E-state index contributed by atoms with van der Waals surface area (Å²) in [5.74, 6) is -0.183.